The summed E-state index contributed by atoms with van der Waals surface area (Å²) < 4.78 is 57.0. The molecule has 5 rings (SSSR count). The third-order valence-corrected chi connectivity index (χ3v) is 12.9. The van der Waals surface area contributed by atoms with E-state index in [0.29, 0.717) is 37.3 Å². The Morgan fingerprint density at radius 1 is 0.520 bits per heavy atom. The topological polar surface area (TPSA) is 115 Å². The van der Waals surface area contributed by atoms with E-state index in [2.05, 4.69) is 0 Å². The maximum atomic E-state index is 13.5. The van der Waals surface area contributed by atoms with Gasteiger partial charge in [-0.2, -0.15) is 8.61 Å². The van der Waals surface area contributed by atoms with E-state index >= 15 is 0 Å². The fourth-order valence-electron chi connectivity index (χ4n) is 5.90. The zero-order valence-electron chi connectivity index (χ0n) is 28.8. The van der Waals surface area contributed by atoms with Crippen molar-refractivity contribution in [3.63, 3.8) is 0 Å². The molecule has 0 aliphatic carbocycles. The smallest absolute Gasteiger partial charge is 0.253 e. The fraction of sp³-hybridized carbons (Fsp3) is 0.316. The van der Waals surface area contributed by atoms with Gasteiger partial charge in [0.15, 0.2) is 0 Å². The molecule has 0 saturated carbocycles. The molecule has 4 aromatic carbocycles. The van der Waals surface area contributed by atoms with Crippen molar-refractivity contribution in [2.75, 3.05) is 26.2 Å². The molecule has 1 saturated heterocycles. The average molecular weight is 717 g/mol. The Morgan fingerprint density at radius 3 is 1.10 bits per heavy atom. The van der Waals surface area contributed by atoms with Crippen LogP contribution in [0, 0.1) is 0 Å². The normalized spacial score (nSPS) is 14.2. The van der Waals surface area contributed by atoms with Gasteiger partial charge in [-0.05, 0) is 87.4 Å². The van der Waals surface area contributed by atoms with E-state index in [4.69, 9.17) is 0 Å². The third kappa shape index (κ3) is 8.32. The summed E-state index contributed by atoms with van der Waals surface area (Å²) in [5.41, 5.74) is 2.49. The van der Waals surface area contributed by atoms with Gasteiger partial charge in [0.1, 0.15) is 0 Å². The molecule has 0 aromatic heterocycles. The molecule has 0 spiro atoms. The molecule has 1 aliphatic rings. The molecule has 0 unspecified atom stereocenters. The molecule has 0 radical (unpaired) electrons. The number of hydrogen-bond acceptors (Lipinski definition) is 6. The highest BCUT2D eigenvalue weighted by Crippen LogP contribution is 2.24. The Labute approximate surface area is 296 Å². The first kappa shape index (κ1) is 36.9. The standard InChI is InChI=1S/C38H44N4O6S2/c1-29(2)41(27-31-11-7-5-8-12-31)49(45,46)35-19-15-33(16-20-35)37(43)39-23-25-40(26-24-39)38(44)34-17-21-36(22-18-34)50(47,48)42(30(3)4)28-32-13-9-6-10-14-32/h5-22,29-30H,23-28H2,1-4H3. The summed E-state index contributed by atoms with van der Waals surface area (Å²) in [6, 6.07) is 30.3. The van der Waals surface area contributed by atoms with Crippen molar-refractivity contribution in [2.24, 2.45) is 0 Å². The second kappa shape index (κ2) is 15.7. The lowest BCUT2D eigenvalue weighted by Crippen LogP contribution is -2.50. The summed E-state index contributed by atoms with van der Waals surface area (Å²) in [5, 5.41) is 0. The van der Waals surface area contributed by atoms with Crippen LogP contribution >= 0.6 is 0 Å². The lowest BCUT2D eigenvalue weighted by molar-refractivity contribution is 0.0535. The molecule has 10 nitrogen and oxygen atoms in total. The van der Waals surface area contributed by atoms with Crippen molar-refractivity contribution in [3.05, 3.63) is 131 Å². The predicted octanol–water partition coefficient (Wildman–Crippen LogP) is 5.48. The van der Waals surface area contributed by atoms with Gasteiger partial charge >= 0.3 is 0 Å². The molecule has 2 amide bonds. The van der Waals surface area contributed by atoms with Gasteiger partial charge in [0.2, 0.25) is 20.0 Å². The number of carbonyl (C=O) groups excluding carboxylic acids is 2. The predicted molar refractivity (Wildman–Crippen MR) is 193 cm³/mol. The number of sulfonamides is 2. The number of carbonyl (C=O) groups is 2. The molecule has 264 valence electrons. The summed E-state index contributed by atoms with van der Waals surface area (Å²) in [7, 11) is -7.63. The van der Waals surface area contributed by atoms with Crippen LogP contribution in [0.5, 0.6) is 0 Å². The van der Waals surface area contributed by atoms with E-state index < -0.39 is 20.0 Å². The van der Waals surface area contributed by atoms with Gasteiger partial charge < -0.3 is 9.80 Å². The molecular formula is C38H44N4O6S2. The molecule has 4 aromatic rings. The van der Waals surface area contributed by atoms with Gasteiger partial charge in [-0.25, -0.2) is 16.8 Å². The highest BCUT2D eigenvalue weighted by atomic mass is 32.2. The number of rotatable bonds is 12. The van der Waals surface area contributed by atoms with Gasteiger partial charge in [-0.15, -0.1) is 0 Å². The second-order valence-electron chi connectivity index (χ2n) is 12.9. The van der Waals surface area contributed by atoms with E-state index in [-0.39, 0.29) is 46.8 Å². The van der Waals surface area contributed by atoms with Crippen molar-refractivity contribution in [1.82, 2.24) is 18.4 Å². The molecule has 0 atom stereocenters. The fourth-order valence-corrected chi connectivity index (χ4v) is 9.15. The molecule has 12 heteroatoms. The Balaban J connectivity index is 1.19. The molecule has 1 aliphatic heterocycles. The van der Waals surface area contributed by atoms with Gasteiger partial charge in [0.25, 0.3) is 11.8 Å². The zero-order chi connectivity index (χ0) is 36.1. The molecule has 0 N–H and O–H groups in total. The highest BCUT2D eigenvalue weighted by molar-refractivity contribution is 7.89. The van der Waals surface area contributed by atoms with Crippen molar-refractivity contribution >= 4 is 31.9 Å². The summed E-state index contributed by atoms with van der Waals surface area (Å²) in [4.78, 5) is 30.2. The van der Waals surface area contributed by atoms with Crippen molar-refractivity contribution in [3.8, 4) is 0 Å². The molecule has 1 heterocycles. The lowest BCUT2D eigenvalue weighted by Gasteiger charge is -2.35. The number of hydrogen-bond donors (Lipinski definition) is 0. The lowest BCUT2D eigenvalue weighted by atomic mass is 10.1. The number of benzene rings is 4. The quantitative estimate of drug-likeness (QED) is 0.192. The number of amides is 2. The summed E-state index contributed by atoms with van der Waals surface area (Å²) in [5.74, 6) is -0.489. The van der Waals surface area contributed by atoms with Crippen molar-refractivity contribution in [1.29, 1.82) is 0 Å². The monoisotopic (exact) mass is 716 g/mol. The van der Waals surface area contributed by atoms with Crippen LogP contribution in [0.15, 0.2) is 119 Å². The minimum atomic E-state index is -3.81. The Bertz CT molecular complexity index is 1830. The van der Waals surface area contributed by atoms with Crippen LogP contribution in [0.4, 0.5) is 0 Å². The SMILES string of the molecule is CC(C)N(Cc1ccccc1)S(=O)(=O)c1ccc(C(=O)N2CCN(C(=O)c3ccc(S(=O)(=O)N(Cc4ccccc4)C(C)C)cc3)CC2)cc1. The van der Waals surface area contributed by atoms with Gasteiger partial charge in [0, 0.05) is 62.5 Å². The number of piperazine rings is 1. The molecular weight excluding hydrogens is 673 g/mol. The van der Waals surface area contributed by atoms with Crippen LogP contribution in [0.25, 0.3) is 0 Å². The van der Waals surface area contributed by atoms with Gasteiger partial charge in [0.05, 0.1) is 9.79 Å². The first-order valence-electron chi connectivity index (χ1n) is 16.7. The van der Waals surface area contributed by atoms with Crippen LogP contribution < -0.4 is 0 Å². The van der Waals surface area contributed by atoms with Gasteiger partial charge in [-0.3, -0.25) is 9.59 Å². The average Bonchev–Trinajstić information content (AvgIpc) is 3.13. The van der Waals surface area contributed by atoms with E-state index in [1.807, 2.05) is 88.4 Å². The van der Waals surface area contributed by atoms with Crippen molar-refractivity contribution in [2.45, 2.75) is 62.7 Å². The summed E-state index contributed by atoms with van der Waals surface area (Å²) >= 11 is 0. The largest absolute Gasteiger partial charge is 0.335 e. The van der Waals surface area contributed by atoms with Crippen LogP contribution in [-0.2, 0) is 33.1 Å². The minimum absolute atomic E-state index is 0.112. The molecule has 50 heavy (non-hydrogen) atoms. The van der Waals surface area contributed by atoms with E-state index in [1.54, 1.807) is 9.80 Å². The van der Waals surface area contributed by atoms with Crippen LogP contribution in [0.3, 0.4) is 0 Å². The first-order valence-corrected chi connectivity index (χ1v) is 19.6. The minimum Gasteiger partial charge on any atom is -0.335 e. The molecule has 0 bridgehead atoms. The Kier molecular flexibility index (Phi) is 11.6. The van der Waals surface area contributed by atoms with Crippen LogP contribution in [-0.4, -0.2) is 85.3 Å². The number of nitrogens with zero attached hydrogens (tertiary/aromatic N) is 4. The Morgan fingerprint density at radius 2 is 0.820 bits per heavy atom. The van der Waals surface area contributed by atoms with E-state index in [0.717, 1.165) is 11.1 Å². The van der Waals surface area contributed by atoms with Crippen LogP contribution in [0.1, 0.15) is 59.5 Å². The Hall–Kier alpha value is -4.36. The third-order valence-electron chi connectivity index (χ3n) is 8.78. The second-order valence-corrected chi connectivity index (χ2v) is 16.7. The van der Waals surface area contributed by atoms with Crippen molar-refractivity contribution < 1.29 is 26.4 Å². The maximum absolute atomic E-state index is 13.5. The van der Waals surface area contributed by atoms with Crippen LogP contribution in [0.2, 0.25) is 0 Å². The van der Waals surface area contributed by atoms with Gasteiger partial charge in [-0.1, -0.05) is 60.7 Å². The summed E-state index contributed by atoms with van der Waals surface area (Å²) in [6.07, 6.45) is 0. The van der Waals surface area contributed by atoms with E-state index in [9.17, 15) is 26.4 Å². The summed E-state index contributed by atoms with van der Waals surface area (Å²) in [6.45, 7) is 9.01. The first-order chi connectivity index (χ1) is 23.8. The highest BCUT2D eigenvalue weighted by Gasteiger charge is 2.30. The maximum Gasteiger partial charge on any atom is 0.253 e. The molecule has 1 fully saturated rings. The van der Waals surface area contributed by atoms with E-state index in [1.165, 1.54) is 57.1 Å². The zero-order valence-corrected chi connectivity index (χ0v) is 30.5.